The van der Waals surface area contributed by atoms with Crippen molar-refractivity contribution in [2.24, 2.45) is 5.92 Å². The van der Waals surface area contributed by atoms with Gasteiger partial charge in [0.25, 0.3) is 0 Å². The van der Waals surface area contributed by atoms with Crippen LogP contribution in [0.5, 0.6) is 0 Å². The Bertz CT molecular complexity index is 1060. The number of nitrogens with zero attached hydrogens (tertiary/aromatic N) is 1. The molecule has 0 fully saturated rings. The van der Waals surface area contributed by atoms with Gasteiger partial charge in [-0.25, -0.2) is 0 Å². The van der Waals surface area contributed by atoms with Crippen LogP contribution in [0.3, 0.4) is 0 Å². The Kier molecular flexibility index (Phi) is 11.9. The van der Waals surface area contributed by atoms with Gasteiger partial charge in [0.05, 0.1) is 19.1 Å². The number of amides is 1. The number of carbonyl (C=O) groups is 2. The Labute approximate surface area is 221 Å². The van der Waals surface area contributed by atoms with Gasteiger partial charge in [0.1, 0.15) is 0 Å². The van der Waals surface area contributed by atoms with Crippen LogP contribution in [0.1, 0.15) is 42.4 Å². The van der Waals surface area contributed by atoms with Crippen molar-refractivity contribution in [3.8, 4) is 0 Å². The van der Waals surface area contributed by atoms with Crippen LogP contribution < -0.4 is 5.32 Å². The minimum absolute atomic E-state index is 0.0984. The lowest BCUT2D eigenvalue weighted by atomic mass is 9.94. The highest BCUT2D eigenvalue weighted by molar-refractivity contribution is 5.82. The molecule has 0 aromatic heterocycles. The number of hydrogen-bond acceptors (Lipinski definition) is 4. The van der Waals surface area contributed by atoms with E-state index in [4.69, 9.17) is 4.74 Å². The molecule has 1 amide bonds. The molecular weight excluding hydrogens is 460 g/mol. The van der Waals surface area contributed by atoms with Gasteiger partial charge in [-0.2, -0.15) is 0 Å². The fourth-order valence-corrected chi connectivity index (χ4v) is 4.64. The standard InChI is InChI=1S/C32H40N2O3/c1-34(25-28-19-11-5-12-20-28)31(35)30(24-27-17-9-4-10-18-27)33-22-14-6-13-21-29(32(36)37-2)23-26-15-7-3-8-16-26/h3-5,7-12,15-20,29-30,33H,6,13-14,21-25H2,1-2H3. The van der Waals surface area contributed by atoms with Crippen molar-refractivity contribution in [2.75, 3.05) is 20.7 Å². The molecule has 37 heavy (non-hydrogen) atoms. The van der Waals surface area contributed by atoms with Gasteiger partial charge in [-0.1, -0.05) is 104 Å². The maximum absolute atomic E-state index is 13.4. The lowest BCUT2D eigenvalue weighted by molar-refractivity contribution is -0.145. The highest BCUT2D eigenvalue weighted by atomic mass is 16.5. The van der Waals surface area contributed by atoms with Gasteiger partial charge in [0, 0.05) is 13.6 Å². The first-order chi connectivity index (χ1) is 18.1. The normalized spacial score (nSPS) is 12.5. The van der Waals surface area contributed by atoms with E-state index in [1.54, 1.807) is 4.90 Å². The number of nitrogens with one attached hydrogen (secondary N) is 1. The topological polar surface area (TPSA) is 58.6 Å². The number of esters is 1. The second kappa shape index (κ2) is 15.6. The summed E-state index contributed by atoms with van der Waals surface area (Å²) in [6.45, 7) is 1.34. The summed E-state index contributed by atoms with van der Waals surface area (Å²) in [7, 11) is 3.33. The molecule has 1 N–H and O–H groups in total. The zero-order valence-corrected chi connectivity index (χ0v) is 22.1. The molecule has 3 rings (SSSR count). The molecule has 0 aliphatic rings. The Morgan fingerprint density at radius 2 is 1.30 bits per heavy atom. The molecule has 0 aliphatic heterocycles. The van der Waals surface area contributed by atoms with Gasteiger partial charge in [0.2, 0.25) is 5.91 Å². The van der Waals surface area contributed by atoms with Crippen LogP contribution in [0.15, 0.2) is 91.0 Å². The third kappa shape index (κ3) is 9.85. The molecule has 5 heteroatoms. The fourth-order valence-electron chi connectivity index (χ4n) is 4.64. The third-order valence-electron chi connectivity index (χ3n) is 6.70. The number of methoxy groups -OCH3 is 1. The number of hydrogen-bond donors (Lipinski definition) is 1. The number of ether oxygens (including phenoxy) is 1. The molecular formula is C32H40N2O3. The van der Waals surface area contributed by atoms with Gasteiger partial charge in [-0.3, -0.25) is 9.59 Å². The van der Waals surface area contributed by atoms with Crippen molar-refractivity contribution in [1.82, 2.24) is 10.2 Å². The van der Waals surface area contributed by atoms with Crippen molar-refractivity contribution in [3.63, 3.8) is 0 Å². The molecule has 3 aromatic rings. The van der Waals surface area contributed by atoms with Crippen molar-refractivity contribution < 1.29 is 14.3 Å². The van der Waals surface area contributed by atoms with Crippen LogP contribution in [0.25, 0.3) is 0 Å². The maximum Gasteiger partial charge on any atom is 0.308 e. The summed E-state index contributed by atoms with van der Waals surface area (Å²) in [5.74, 6) is -0.169. The highest BCUT2D eigenvalue weighted by Crippen LogP contribution is 2.18. The zero-order valence-electron chi connectivity index (χ0n) is 22.1. The second-order valence-corrected chi connectivity index (χ2v) is 9.64. The molecule has 0 saturated carbocycles. The van der Waals surface area contributed by atoms with E-state index in [0.29, 0.717) is 19.4 Å². The Morgan fingerprint density at radius 1 is 0.757 bits per heavy atom. The number of rotatable bonds is 15. The lowest BCUT2D eigenvalue weighted by Crippen LogP contribution is -2.46. The number of carbonyl (C=O) groups excluding carboxylic acids is 2. The van der Waals surface area contributed by atoms with Crippen molar-refractivity contribution in [3.05, 3.63) is 108 Å². The van der Waals surface area contributed by atoms with Crippen molar-refractivity contribution in [1.29, 1.82) is 0 Å². The molecule has 2 unspecified atom stereocenters. The van der Waals surface area contributed by atoms with Gasteiger partial charge >= 0.3 is 5.97 Å². The van der Waals surface area contributed by atoms with E-state index in [0.717, 1.165) is 48.9 Å². The van der Waals surface area contributed by atoms with Crippen LogP contribution in [-0.4, -0.2) is 43.5 Å². The summed E-state index contributed by atoms with van der Waals surface area (Å²) >= 11 is 0. The number of unbranched alkanes of at least 4 members (excludes halogenated alkanes) is 2. The monoisotopic (exact) mass is 500 g/mol. The van der Waals surface area contributed by atoms with E-state index in [1.165, 1.54) is 7.11 Å². The van der Waals surface area contributed by atoms with Gasteiger partial charge in [-0.15, -0.1) is 0 Å². The van der Waals surface area contributed by atoms with Gasteiger partial charge in [0.15, 0.2) is 0 Å². The first kappa shape index (κ1) is 28.1. The van der Waals surface area contributed by atoms with E-state index in [2.05, 4.69) is 29.6 Å². The highest BCUT2D eigenvalue weighted by Gasteiger charge is 2.22. The Hall–Kier alpha value is -3.44. The Morgan fingerprint density at radius 3 is 1.86 bits per heavy atom. The molecule has 0 bridgehead atoms. The molecule has 2 atom stereocenters. The van der Waals surface area contributed by atoms with Gasteiger partial charge < -0.3 is 15.0 Å². The average Bonchev–Trinajstić information content (AvgIpc) is 2.94. The molecule has 0 aliphatic carbocycles. The zero-order chi connectivity index (χ0) is 26.3. The summed E-state index contributed by atoms with van der Waals surface area (Å²) < 4.78 is 5.05. The van der Waals surface area contributed by atoms with E-state index >= 15 is 0 Å². The molecule has 0 radical (unpaired) electrons. The lowest BCUT2D eigenvalue weighted by Gasteiger charge is -2.25. The molecule has 196 valence electrons. The van der Waals surface area contributed by atoms with E-state index in [-0.39, 0.29) is 23.8 Å². The minimum atomic E-state index is -0.281. The first-order valence-corrected chi connectivity index (χ1v) is 13.2. The molecule has 3 aromatic carbocycles. The first-order valence-electron chi connectivity index (χ1n) is 13.2. The van der Waals surface area contributed by atoms with Gasteiger partial charge in [-0.05, 0) is 48.9 Å². The number of likely N-dealkylation sites (N-methyl/N-ethyl adjacent to an activating group) is 1. The van der Waals surface area contributed by atoms with E-state index in [9.17, 15) is 9.59 Å². The van der Waals surface area contributed by atoms with Crippen molar-refractivity contribution >= 4 is 11.9 Å². The SMILES string of the molecule is COC(=O)C(CCCCCNC(Cc1ccccc1)C(=O)N(C)Cc1ccccc1)Cc1ccccc1. The molecule has 5 nitrogen and oxygen atoms in total. The maximum atomic E-state index is 13.4. The summed E-state index contributed by atoms with van der Waals surface area (Å²) in [5, 5.41) is 3.51. The fraction of sp³-hybridized carbons (Fsp3) is 0.375. The van der Waals surface area contributed by atoms with Crippen LogP contribution in [0.4, 0.5) is 0 Å². The summed E-state index contributed by atoms with van der Waals surface area (Å²) in [5.41, 5.74) is 3.41. The predicted molar refractivity (Wildman–Crippen MR) is 149 cm³/mol. The smallest absolute Gasteiger partial charge is 0.308 e. The summed E-state index contributed by atoms with van der Waals surface area (Å²) in [6, 6.07) is 30.0. The van der Waals surface area contributed by atoms with Crippen LogP contribution in [0.2, 0.25) is 0 Å². The van der Waals surface area contributed by atoms with E-state index in [1.807, 2.05) is 73.8 Å². The average molecular weight is 501 g/mol. The molecule has 0 saturated heterocycles. The third-order valence-corrected chi connectivity index (χ3v) is 6.70. The summed E-state index contributed by atoms with van der Waals surface area (Å²) in [4.78, 5) is 27.5. The Balaban J connectivity index is 1.49. The largest absolute Gasteiger partial charge is 0.469 e. The predicted octanol–water partition coefficient (Wildman–Crippen LogP) is 5.44. The summed E-state index contributed by atoms with van der Waals surface area (Å²) in [6.07, 6.45) is 5.03. The quantitative estimate of drug-likeness (QED) is 0.223. The number of benzene rings is 3. The van der Waals surface area contributed by atoms with Crippen molar-refractivity contribution in [2.45, 2.75) is 51.1 Å². The minimum Gasteiger partial charge on any atom is -0.469 e. The van der Waals surface area contributed by atoms with Crippen LogP contribution >= 0.6 is 0 Å². The van der Waals surface area contributed by atoms with E-state index < -0.39 is 0 Å². The van der Waals surface area contributed by atoms with Crippen LogP contribution in [0, 0.1) is 5.92 Å². The van der Waals surface area contributed by atoms with Crippen LogP contribution in [-0.2, 0) is 33.7 Å². The second-order valence-electron chi connectivity index (χ2n) is 9.64. The molecule has 0 heterocycles. The molecule has 0 spiro atoms.